The molecule has 4 rings (SSSR count). The molecule has 1 unspecified atom stereocenters. The highest BCUT2D eigenvalue weighted by Gasteiger charge is 2.34. The van der Waals surface area contributed by atoms with Gasteiger partial charge in [-0.15, -0.1) is 11.6 Å². The molecule has 9 heteroatoms. The number of carboxylic acids is 1. The first-order valence-electron chi connectivity index (χ1n) is 10.0. The van der Waals surface area contributed by atoms with Gasteiger partial charge < -0.3 is 10.4 Å². The smallest absolute Gasteiger partial charge is 0.337 e. The minimum atomic E-state index is -3.80. The summed E-state index contributed by atoms with van der Waals surface area (Å²) in [5.74, 6) is -1.69. The molecule has 166 valence electrons. The van der Waals surface area contributed by atoms with E-state index in [0.717, 1.165) is 11.1 Å². The second kappa shape index (κ2) is 8.44. The van der Waals surface area contributed by atoms with E-state index in [-0.39, 0.29) is 27.1 Å². The molecule has 32 heavy (non-hydrogen) atoms. The summed E-state index contributed by atoms with van der Waals surface area (Å²) in [6.07, 6.45) is 5.07. The monoisotopic (exact) mass is 472 g/mol. The Balaban J connectivity index is 1.55. The molecule has 2 aromatic rings. The first kappa shape index (κ1) is 22.1. The molecule has 0 bridgehead atoms. The summed E-state index contributed by atoms with van der Waals surface area (Å²) in [6, 6.07) is 10.3. The Kier molecular flexibility index (Phi) is 5.83. The number of benzene rings is 2. The van der Waals surface area contributed by atoms with Gasteiger partial charge in [0.2, 0.25) is 0 Å². The number of hydrogen-bond donors (Lipinski definition) is 2. The highest BCUT2D eigenvalue weighted by Crippen LogP contribution is 2.37. The fourth-order valence-electron chi connectivity index (χ4n) is 3.82. The fourth-order valence-corrected chi connectivity index (χ4v) is 5.53. The number of hydrogen-bond acceptors (Lipinski definition) is 4. The topological polar surface area (TPSA) is 104 Å². The zero-order chi connectivity index (χ0) is 23.0. The molecule has 1 aliphatic carbocycles. The van der Waals surface area contributed by atoms with Crippen molar-refractivity contribution in [1.82, 2.24) is 4.31 Å². The molecule has 1 amide bonds. The normalized spacial score (nSPS) is 17.9. The van der Waals surface area contributed by atoms with E-state index in [9.17, 15) is 23.1 Å². The number of sulfonamides is 1. The van der Waals surface area contributed by atoms with E-state index in [2.05, 4.69) is 5.32 Å². The van der Waals surface area contributed by atoms with Gasteiger partial charge in [0.05, 0.1) is 27.2 Å². The number of aryl methyl sites for hydroxylation is 1. The van der Waals surface area contributed by atoms with Crippen LogP contribution in [0.2, 0.25) is 0 Å². The second-order valence-electron chi connectivity index (χ2n) is 7.69. The number of nitrogens with zero attached hydrogens (tertiary/aromatic N) is 1. The van der Waals surface area contributed by atoms with Gasteiger partial charge in [-0.1, -0.05) is 17.7 Å². The third kappa shape index (κ3) is 4.16. The van der Waals surface area contributed by atoms with Crippen molar-refractivity contribution in [3.05, 3.63) is 82.6 Å². The lowest BCUT2D eigenvalue weighted by Gasteiger charge is -2.23. The van der Waals surface area contributed by atoms with Crippen molar-refractivity contribution < 1.29 is 23.1 Å². The van der Waals surface area contributed by atoms with E-state index in [1.807, 2.05) is 6.08 Å². The average Bonchev–Trinajstić information content (AvgIpc) is 3.18. The minimum absolute atomic E-state index is 0.0196. The maximum Gasteiger partial charge on any atom is 0.337 e. The van der Waals surface area contributed by atoms with Gasteiger partial charge >= 0.3 is 5.97 Å². The van der Waals surface area contributed by atoms with E-state index in [0.29, 0.717) is 25.1 Å². The van der Waals surface area contributed by atoms with Crippen molar-refractivity contribution in [2.24, 2.45) is 0 Å². The molecule has 1 saturated heterocycles. The standard InChI is InChI=1S/C23H21ClN2O5S/c1-14-2-9-20(19(12-14)23(28)29)25-22(27)16-4-7-18(8-5-16)32(30,31)26-11-10-15-3-6-17(24)13-21(15)26/h2-5,7-9,12-13,17H,6,10-11H2,1H3,(H,25,27)(H,28,29). The van der Waals surface area contributed by atoms with Gasteiger partial charge in [-0.3, -0.25) is 9.10 Å². The zero-order valence-electron chi connectivity index (χ0n) is 17.2. The SMILES string of the molecule is Cc1ccc(NC(=O)c2ccc(S(=O)(=O)N3CCC4=CCC(Cl)C=C43)cc2)c(C(=O)O)c1. The number of rotatable bonds is 5. The lowest BCUT2D eigenvalue weighted by molar-refractivity contribution is 0.0698. The maximum atomic E-state index is 13.2. The molecule has 2 aromatic carbocycles. The molecular formula is C23H21ClN2O5S. The van der Waals surface area contributed by atoms with Crippen LogP contribution >= 0.6 is 11.6 Å². The average molecular weight is 473 g/mol. The van der Waals surface area contributed by atoms with E-state index in [1.165, 1.54) is 40.7 Å². The number of anilines is 1. The van der Waals surface area contributed by atoms with Crippen molar-refractivity contribution >= 4 is 39.2 Å². The number of nitrogens with one attached hydrogen (secondary N) is 1. The number of aromatic carboxylic acids is 1. The molecule has 1 fully saturated rings. The van der Waals surface area contributed by atoms with Crippen LogP contribution in [0.4, 0.5) is 5.69 Å². The van der Waals surface area contributed by atoms with Crippen LogP contribution in [0.15, 0.2) is 70.8 Å². The van der Waals surface area contributed by atoms with Crippen LogP contribution in [0.5, 0.6) is 0 Å². The van der Waals surface area contributed by atoms with Crippen LogP contribution < -0.4 is 5.32 Å². The second-order valence-corrected chi connectivity index (χ2v) is 10.1. The number of halogens is 1. The quantitative estimate of drug-likeness (QED) is 0.636. The van der Waals surface area contributed by atoms with E-state index in [1.54, 1.807) is 19.1 Å². The molecular weight excluding hydrogens is 452 g/mol. The Morgan fingerprint density at radius 1 is 1.16 bits per heavy atom. The van der Waals surface area contributed by atoms with Gasteiger partial charge in [-0.05, 0) is 67.8 Å². The molecule has 0 spiro atoms. The number of amides is 1. The predicted octanol–water partition coefficient (Wildman–Crippen LogP) is 4.16. The minimum Gasteiger partial charge on any atom is -0.478 e. The first-order chi connectivity index (χ1) is 15.2. The number of carboxylic acid groups (broad SMARTS) is 1. The third-order valence-corrected chi connectivity index (χ3v) is 7.60. The molecule has 2 N–H and O–H groups in total. The first-order valence-corrected chi connectivity index (χ1v) is 11.9. The van der Waals surface area contributed by atoms with Crippen molar-refractivity contribution in [3.63, 3.8) is 0 Å². The molecule has 7 nitrogen and oxygen atoms in total. The highest BCUT2D eigenvalue weighted by atomic mass is 35.5. The summed E-state index contributed by atoms with van der Waals surface area (Å²) in [4.78, 5) is 24.1. The summed E-state index contributed by atoms with van der Waals surface area (Å²) < 4.78 is 27.7. The van der Waals surface area contributed by atoms with Crippen LogP contribution in [0.25, 0.3) is 0 Å². The lowest BCUT2D eigenvalue weighted by atomic mass is 10.0. The predicted molar refractivity (Wildman–Crippen MR) is 121 cm³/mol. The number of allylic oxidation sites excluding steroid dienone is 3. The summed E-state index contributed by atoms with van der Waals surface area (Å²) in [7, 11) is -3.80. The lowest BCUT2D eigenvalue weighted by Crippen LogP contribution is -2.28. The van der Waals surface area contributed by atoms with Crippen molar-refractivity contribution in [2.75, 3.05) is 11.9 Å². The number of alkyl halides is 1. The number of fused-ring (bicyclic) bond motifs is 1. The van der Waals surface area contributed by atoms with Gasteiger partial charge in [0, 0.05) is 12.1 Å². The van der Waals surface area contributed by atoms with Gasteiger partial charge in [-0.2, -0.15) is 0 Å². The molecule has 0 aromatic heterocycles. The largest absolute Gasteiger partial charge is 0.478 e. The zero-order valence-corrected chi connectivity index (χ0v) is 18.8. The van der Waals surface area contributed by atoms with Crippen LogP contribution in [0.3, 0.4) is 0 Å². The van der Waals surface area contributed by atoms with E-state index in [4.69, 9.17) is 11.6 Å². The summed E-state index contributed by atoms with van der Waals surface area (Å²) in [5, 5.41) is 11.7. The molecule has 1 heterocycles. The van der Waals surface area contributed by atoms with E-state index >= 15 is 0 Å². The van der Waals surface area contributed by atoms with Crippen LogP contribution in [0, 0.1) is 6.92 Å². The third-order valence-electron chi connectivity index (χ3n) is 5.47. The molecule has 0 saturated carbocycles. The summed E-state index contributed by atoms with van der Waals surface area (Å²) in [5.41, 5.74) is 2.71. The Morgan fingerprint density at radius 3 is 2.56 bits per heavy atom. The number of carbonyl (C=O) groups is 2. The Morgan fingerprint density at radius 2 is 1.88 bits per heavy atom. The van der Waals surface area contributed by atoms with Crippen molar-refractivity contribution in [2.45, 2.75) is 30.0 Å². The molecule has 0 radical (unpaired) electrons. The van der Waals surface area contributed by atoms with Crippen molar-refractivity contribution in [1.29, 1.82) is 0 Å². The van der Waals surface area contributed by atoms with Gasteiger partial charge in [-0.25, -0.2) is 13.2 Å². The van der Waals surface area contributed by atoms with Gasteiger partial charge in [0.15, 0.2) is 0 Å². The summed E-state index contributed by atoms with van der Waals surface area (Å²) in [6.45, 7) is 2.10. The Bertz CT molecular complexity index is 1270. The Hall–Kier alpha value is -3.10. The van der Waals surface area contributed by atoms with Gasteiger partial charge in [0.25, 0.3) is 15.9 Å². The van der Waals surface area contributed by atoms with Crippen LogP contribution in [-0.2, 0) is 10.0 Å². The van der Waals surface area contributed by atoms with Crippen LogP contribution in [-0.4, -0.2) is 41.6 Å². The van der Waals surface area contributed by atoms with Crippen molar-refractivity contribution in [3.8, 4) is 0 Å². The maximum absolute atomic E-state index is 13.2. The van der Waals surface area contributed by atoms with Crippen LogP contribution in [0.1, 0.15) is 39.1 Å². The molecule has 2 aliphatic rings. The number of carbonyl (C=O) groups excluding carboxylic acids is 1. The highest BCUT2D eigenvalue weighted by molar-refractivity contribution is 7.89. The molecule has 1 aliphatic heterocycles. The Labute approximate surface area is 191 Å². The van der Waals surface area contributed by atoms with E-state index < -0.39 is 21.9 Å². The van der Waals surface area contributed by atoms with Gasteiger partial charge in [0.1, 0.15) is 0 Å². The molecule has 1 atom stereocenters. The fraction of sp³-hybridized carbons (Fsp3) is 0.217. The summed E-state index contributed by atoms with van der Waals surface area (Å²) >= 11 is 6.18.